The van der Waals surface area contributed by atoms with Gasteiger partial charge in [-0.3, -0.25) is 9.10 Å². The highest BCUT2D eigenvalue weighted by Crippen LogP contribution is 2.27. The highest BCUT2D eigenvalue weighted by atomic mass is 35.5. The summed E-state index contributed by atoms with van der Waals surface area (Å²) in [4.78, 5) is 12.6. The van der Waals surface area contributed by atoms with E-state index in [0.29, 0.717) is 6.54 Å². The summed E-state index contributed by atoms with van der Waals surface area (Å²) >= 11 is 5.85. The molecule has 1 N–H and O–H groups in total. The van der Waals surface area contributed by atoms with Crippen molar-refractivity contribution in [2.24, 2.45) is 0 Å². The number of halogens is 2. The van der Waals surface area contributed by atoms with E-state index < -0.39 is 28.3 Å². The lowest BCUT2D eigenvalue weighted by molar-refractivity contribution is -0.119. The molecule has 0 radical (unpaired) electrons. The minimum absolute atomic E-state index is 0.0308. The first-order valence-corrected chi connectivity index (χ1v) is 11.2. The second kappa shape index (κ2) is 9.41. The van der Waals surface area contributed by atoms with Crippen molar-refractivity contribution in [3.63, 3.8) is 0 Å². The summed E-state index contributed by atoms with van der Waals surface area (Å²) in [7, 11) is -4.05. The molecule has 0 fully saturated rings. The first kappa shape index (κ1) is 21.3. The number of carbonyl (C=O) groups is 1. The van der Waals surface area contributed by atoms with E-state index >= 15 is 0 Å². The number of rotatable bonds is 7. The first-order chi connectivity index (χ1) is 13.9. The molecule has 0 bridgehead atoms. The molecule has 0 heterocycles. The molecule has 1 aliphatic rings. The van der Waals surface area contributed by atoms with Crippen molar-refractivity contribution in [2.45, 2.75) is 30.6 Å². The molecule has 0 unspecified atom stereocenters. The standard InChI is InChI=1S/C21H22ClFN2O3S/c22-19-13-17(11-12-20(19)23)25(29(27,28)18-9-5-2-6-10-18)15-21(26)24-14-16-7-3-1-4-8-16/h2,5-7,9-13H,1,3-4,8,14-15H2,(H,24,26). The van der Waals surface area contributed by atoms with Crippen LogP contribution in [0.2, 0.25) is 5.02 Å². The van der Waals surface area contributed by atoms with Gasteiger partial charge in [-0.05, 0) is 56.0 Å². The van der Waals surface area contributed by atoms with Crippen LogP contribution in [0.5, 0.6) is 0 Å². The zero-order valence-corrected chi connectivity index (χ0v) is 17.3. The zero-order chi connectivity index (χ0) is 20.9. The number of carbonyl (C=O) groups excluding carboxylic acids is 1. The molecule has 1 amide bonds. The van der Waals surface area contributed by atoms with Crippen molar-refractivity contribution < 1.29 is 17.6 Å². The second-order valence-electron chi connectivity index (χ2n) is 6.81. The summed E-state index contributed by atoms with van der Waals surface area (Å²) in [5.74, 6) is -1.11. The Labute approximate surface area is 175 Å². The Morgan fingerprint density at radius 3 is 2.55 bits per heavy atom. The van der Waals surface area contributed by atoms with Gasteiger partial charge in [-0.25, -0.2) is 12.8 Å². The Kier molecular flexibility index (Phi) is 6.92. The molecule has 0 spiro atoms. The van der Waals surface area contributed by atoms with Crippen LogP contribution >= 0.6 is 11.6 Å². The number of hydrogen-bond donors (Lipinski definition) is 1. The largest absolute Gasteiger partial charge is 0.351 e. The monoisotopic (exact) mass is 436 g/mol. The predicted octanol–water partition coefficient (Wildman–Crippen LogP) is 4.29. The van der Waals surface area contributed by atoms with Gasteiger partial charge in [0.2, 0.25) is 5.91 Å². The molecule has 2 aromatic rings. The van der Waals surface area contributed by atoms with Gasteiger partial charge < -0.3 is 5.32 Å². The molecule has 2 aromatic carbocycles. The molecule has 5 nitrogen and oxygen atoms in total. The predicted molar refractivity (Wildman–Crippen MR) is 112 cm³/mol. The number of benzene rings is 2. The van der Waals surface area contributed by atoms with E-state index in [9.17, 15) is 17.6 Å². The zero-order valence-electron chi connectivity index (χ0n) is 15.8. The molecule has 0 atom stereocenters. The summed E-state index contributed by atoms with van der Waals surface area (Å²) in [5.41, 5.74) is 1.26. The highest BCUT2D eigenvalue weighted by molar-refractivity contribution is 7.92. The van der Waals surface area contributed by atoms with Gasteiger partial charge in [-0.1, -0.05) is 41.4 Å². The smallest absolute Gasteiger partial charge is 0.264 e. The minimum atomic E-state index is -4.05. The maximum atomic E-state index is 13.6. The molecule has 0 saturated carbocycles. The third kappa shape index (κ3) is 5.36. The van der Waals surface area contributed by atoms with Gasteiger partial charge in [0.1, 0.15) is 12.4 Å². The van der Waals surface area contributed by atoms with Gasteiger partial charge in [0, 0.05) is 6.54 Å². The fraction of sp³-hybridized carbons (Fsp3) is 0.286. The third-order valence-corrected chi connectivity index (χ3v) is 6.78. The lowest BCUT2D eigenvalue weighted by Gasteiger charge is -2.24. The van der Waals surface area contributed by atoms with Crippen LogP contribution in [0, 0.1) is 5.82 Å². The van der Waals surface area contributed by atoms with Gasteiger partial charge in [0.25, 0.3) is 10.0 Å². The highest BCUT2D eigenvalue weighted by Gasteiger charge is 2.27. The van der Waals surface area contributed by atoms with Crippen molar-refractivity contribution in [1.29, 1.82) is 0 Å². The molecule has 8 heteroatoms. The van der Waals surface area contributed by atoms with E-state index in [-0.39, 0.29) is 15.6 Å². The Morgan fingerprint density at radius 2 is 1.90 bits per heavy atom. The van der Waals surface area contributed by atoms with Gasteiger partial charge >= 0.3 is 0 Å². The van der Waals surface area contributed by atoms with Gasteiger partial charge in [-0.2, -0.15) is 0 Å². The van der Waals surface area contributed by atoms with Crippen LogP contribution in [-0.4, -0.2) is 27.4 Å². The molecule has 0 saturated heterocycles. The number of amides is 1. The quantitative estimate of drug-likeness (QED) is 0.658. The number of nitrogens with zero attached hydrogens (tertiary/aromatic N) is 1. The van der Waals surface area contributed by atoms with E-state index in [4.69, 9.17) is 11.6 Å². The Bertz CT molecular complexity index is 1010. The molecule has 1 aliphatic carbocycles. The number of anilines is 1. The van der Waals surface area contributed by atoms with Crippen LogP contribution in [-0.2, 0) is 14.8 Å². The van der Waals surface area contributed by atoms with Crippen LogP contribution in [0.25, 0.3) is 0 Å². The second-order valence-corrected chi connectivity index (χ2v) is 9.08. The Balaban J connectivity index is 1.85. The van der Waals surface area contributed by atoms with Crippen LogP contribution in [0.1, 0.15) is 25.7 Å². The van der Waals surface area contributed by atoms with Crippen molar-refractivity contribution >= 4 is 33.2 Å². The molecular weight excluding hydrogens is 415 g/mol. The van der Waals surface area contributed by atoms with E-state index in [1.807, 2.05) is 0 Å². The molecule has 0 aromatic heterocycles. The summed E-state index contributed by atoms with van der Waals surface area (Å²) < 4.78 is 40.9. The van der Waals surface area contributed by atoms with E-state index in [1.165, 1.54) is 24.3 Å². The fourth-order valence-corrected chi connectivity index (χ4v) is 4.75. The van der Waals surface area contributed by atoms with Gasteiger partial charge in [0.05, 0.1) is 15.6 Å². The lowest BCUT2D eigenvalue weighted by Crippen LogP contribution is -2.41. The van der Waals surface area contributed by atoms with Gasteiger partial charge in [-0.15, -0.1) is 0 Å². The number of allylic oxidation sites excluding steroid dienone is 1. The van der Waals surface area contributed by atoms with Crippen molar-refractivity contribution in [3.8, 4) is 0 Å². The topological polar surface area (TPSA) is 66.5 Å². The van der Waals surface area contributed by atoms with E-state index in [0.717, 1.165) is 41.6 Å². The maximum Gasteiger partial charge on any atom is 0.264 e. The molecular formula is C21H22ClFN2O3S. The maximum absolute atomic E-state index is 13.6. The number of hydrogen-bond acceptors (Lipinski definition) is 3. The van der Waals surface area contributed by atoms with E-state index in [2.05, 4.69) is 11.4 Å². The number of nitrogens with one attached hydrogen (secondary N) is 1. The summed E-state index contributed by atoms with van der Waals surface area (Å²) in [6, 6.07) is 11.3. The summed E-state index contributed by atoms with van der Waals surface area (Å²) in [5, 5.41) is 2.56. The van der Waals surface area contributed by atoms with Crippen LogP contribution in [0.3, 0.4) is 0 Å². The lowest BCUT2D eigenvalue weighted by atomic mass is 10.00. The average molecular weight is 437 g/mol. The third-order valence-electron chi connectivity index (χ3n) is 4.71. The van der Waals surface area contributed by atoms with Crippen molar-refractivity contribution in [2.75, 3.05) is 17.4 Å². The van der Waals surface area contributed by atoms with Crippen molar-refractivity contribution in [1.82, 2.24) is 5.32 Å². The molecule has 0 aliphatic heterocycles. The van der Waals surface area contributed by atoms with Gasteiger partial charge in [0.15, 0.2) is 0 Å². The summed E-state index contributed by atoms with van der Waals surface area (Å²) in [6.45, 7) is -0.0469. The normalized spacial score (nSPS) is 14.2. The first-order valence-electron chi connectivity index (χ1n) is 9.35. The summed E-state index contributed by atoms with van der Waals surface area (Å²) in [6.07, 6.45) is 6.27. The van der Waals surface area contributed by atoms with Crippen LogP contribution in [0.4, 0.5) is 10.1 Å². The Hall–Kier alpha value is -2.38. The van der Waals surface area contributed by atoms with Crippen molar-refractivity contribution in [3.05, 3.63) is 71.0 Å². The molecule has 154 valence electrons. The molecule has 29 heavy (non-hydrogen) atoms. The minimum Gasteiger partial charge on any atom is -0.351 e. The molecule has 3 rings (SSSR count). The number of sulfonamides is 1. The SMILES string of the molecule is O=C(CN(c1ccc(F)c(Cl)c1)S(=O)(=O)c1ccccc1)NCC1=CCCCC1. The van der Waals surface area contributed by atoms with Crippen LogP contribution < -0.4 is 9.62 Å². The Morgan fingerprint density at radius 1 is 1.14 bits per heavy atom. The average Bonchev–Trinajstić information content (AvgIpc) is 2.74. The van der Waals surface area contributed by atoms with Crippen LogP contribution in [0.15, 0.2) is 65.1 Å². The fourth-order valence-electron chi connectivity index (χ4n) is 3.14. The van der Waals surface area contributed by atoms with E-state index in [1.54, 1.807) is 18.2 Å².